The highest BCUT2D eigenvalue weighted by molar-refractivity contribution is 5.98. The minimum Gasteiger partial charge on any atom is -0.505 e. The van der Waals surface area contributed by atoms with Gasteiger partial charge in [-0.05, 0) is 73.8 Å². The van der Waals surface area contributed by atoms with Gasteiger partial charge < -0.3 is 15.2 Å². The third-order valence-corrected chi connectivity index (χ3v) is 6.42. The number of carbonyl (C=O) groups is 2. The Morgan fingerprint density at radius 2 is 1.76 bits per heavy atom. The molecule has 4 aliphatic rings. The van der Waals surface area contributed by atoms with Gasteiger partial charge in [-0.15, -0.1) is 0 Å². The number of ether oxygens (including phenoxy) is 1. The molecule has 4 fully saturated rings. The Morgan fingerprint density at radius 3 is 2.32 bits per heavy atom. The fourth-order valence-corrected chi connectivity index (χ4v) is 5.96. The molecular weight excluding hydrogens is 318 g/mol. The number of para-hydroxylation sites is 1. The zero-order valence-electron chi connectivity index (χ0n) is 14.6. The average Bonchev–Trinajstić information content (AvgIpc) is 2.54. The van der Waals surface area contributed by atoms with E-state index >= 15 is 0 Å². The Hall–Kier alpha value is -2.04. The first kappa shape index (κ1) is 16.4. The second kappa shape index (κ2) is 6.04. The number of hydrogen-bond donors (Lipinski definition) is 2. The maximum absolute atomic E-state index is 12.7. The molecule has 4 bridgehead atoms. The maximum atomic E-state index is 12.7. The molecule has 5 nitrogen and oxygen atoms in total. The van der Waals surface area contributed by atoms with E-state index in [9.17, 15) is 14.7 Å². The van der Waals surface area contributed by atoms with E-state index < -0.39 is 5.97 Å². The van der Waals surface area contributed by atoms with E-state index in [-0.39, 0.29) is 28.3 Å². The van der Waals surface area contributed by atoms with Gasteiger partial charge in [-0.25, -0.2) is 4.79 Å². The zero-order valence-corrected chi connectivity index (χ0v) is 14.6. The van der Waals surface area contributed by atoms with Crippen molar-refractivity contribution in [3.8, 4) is 5.75 Å². The molecule has 0 atom stereocenters. The molecule has 4 saturated carbocycles. The van der Waals surface area contributed by atoms with E-state index in [0.717, 1.165) is 17.8 Å². The molecule has 25 heavy (non-hydrogen) atoms. The lowest BCUT2D eigenvalue weighted by atomic mass is 9.49. The van der Waals surface area contributed by atoms with E-state index in [0.29, 0.717) is 6.42 Å². The van der Waals surface area contributed by atoms with Crippen LogP contribution in [0.2, 0.25) is 0 Å². The second-order valence-electron chi connectivity index (χ2n) is 8.34. The molecule has 0 aromatic heterocycles. The third-order valence-electron chi connectivity index (χ3n) is 6.42. The summed E-state index contributed by atoms with van der Waals surface area (Å²) in [5, 5.41) is 13.1. The lowest BCUT2D eigenvalue weighted by Gasteiger charge is -2.56. The average molecular weight is 343 g/mol. The minimum atomic E-state index is -0.616. The second-order valence-corrected chi connectivity index (χ2v) is 8.34. The van der Waals surface area contributed by atoms with Crippen LogP contribution in [0.1, 0.15) is 55.3 Å². The Labute approximate surface area is 147 Å². The van der Waals surface area contributed by atoms with Crippen molar-refractivity contribution in [2.75, 3.05) is 12.4 Å². The van der Waals surface area contributed by atoms with Gasteiger partial charge >= 0.3 is 5.97 Å². The van der Waals surface area contributed by atoms with Crippen LogP contribution in [0, 0.1) is 23.2 Å². The largest absolute Gasteiger partial charge is 0.505 e. The summed E-state index contributed by atoms with van der Waals surface area (Å²) >= 11 is 0. The van der Waals surface area contributed by atoms with Crippen molar-refractivity contribution in [3.63, 3.8) is 0 Å². The van der Waals surface area contributed by atoms with Crippen LogP contribution in [0.15, 0.2) is 18.2 Å². The first-order chi connectivity index (χ1) is 12.0. The van der Waals surface area contributed by atoms with E-state index in [1.54, 1.807) is 12.1 Å². The molecule has 0 heterocycles. The highest BCUT2D eigenvalue weighted by Gasteiger charge is 2.51. The fraction of sp³-hybridized carbons (Fsp3) is 0.600. The van der Waals surface area contributed by atoms with Crippen molar-refractivity contribution in [2.45, 2.75) is 44.9 Å². The highest BCUT2D eigenvalue weighted by atomic mass is 16.5. The Bertz CT molecular complexity index is 676. The number of benzene rings is 1. The molecule has 0 aliphatic heterocycles. The van der Waals surface area contributed by atoms with Crippen molar-refractivity contribution in [2.24, 2.45) is 23.2 Å². The smallest absolute Gasteiger partial charge is 0.341 e. The molecule has 0 saturated heterocycles. The summed E-state index contributed by atoms with van der Waals surface area (Å²) in [6.07, 6.45) is 8.06. The van der Waals surface area contributed by atoms with Crippen molar-refractivity contribution < 1.29 is 19.4 Å². The fourth-order valence-electron chi connectivity index (χ4n) is 5.96. The normalized spacial score (nSPS) is 32.4. The first-order valence-electron chi connectivity index (χ1n) is 9.18. The Kier molecular flexibility index (Phi) is 3.97. The molecule has 2 N–H and O–H groups in total. The van der Waals surface area contributed by atoms with Crippen molar-refractivity contribution in [1.82, 2.24) is 0 Å². The van der Waals surface area contributed by atoms with Crippen molar-refractivity contribution in [1.29, 1.82) is 0 Å². The molecule has 1 aromatic carbocycles. The number of esters is 1. The molecule has 5 heteroatoms. The van der Waals surface area contributed by atoms with E-state index in [4.69, 9.17) is 0 Å². The van der Waals surface area contributed by atoms with Gasteiger partial charge in [-0.3, -0.25) is 4.79 Å². The molecule has 1 amide bonds. The van der Waals surface area contributed by atoms with Gasteiger partial charge in [0.1, 0.15) is 5.56 Å². The van der Waals surface area contributed by atoms with Gasteiger partial charge in [0.05, 0.1) is 12.8 Å². The number of carbonyl (C=O) groups excluding carboxylic acids is 2. The van der Waals surface area contributed by atoms with Crippen molar-refractivity contribution >= 4 is 17.6 Å². The van der Waals surface area contributed by atoms with Crippen LogP contribution in [0.4, 0.5) is 5.69 Å². The summed E-state index contributed by atoms with van der Waals surface area (Å²) in [6.45, 7) is 0. The maximum Gasteiger partial charge on any atom is 0.341 e. The lowest BCUT2D eigenvalue weighted by Crippen LogP contribution is -2.47. The molecule has 0 unspecified atom stereocenters. The Morgan fingerprint density at radius 1 is 1.16 bits per heavy atom. The van der Waals surface area contributed by atoms with E-state index in [1.165, 1.54) is 51.7 Å². The van der Waals surface area contributed by atoms with E-state index in [1.807, 2.05) is 0 Å². The van der Waals surface area contributed by atoms with Crippen LogP contribution in [0.5, 0.6) is 5.75 Å². The summed E-state index contributed by atoms with van der Waals surface area (Å²) < 4.78 is 4.66. The van der Waals surface area contributed by atoms with Crippen LogP contribution < -0.4 is 5.32 Å². The number of aromatic hydroxyl groups is 1. The van der Waals surface area contributed by atoms with Gasteiger partial charge in [0.2, 0.25) is 5.91 Å². The molecule has 4 aliphatic carbocycles. The topological polar surface area (TPSA) is 75.6 Å². The quantitative estimate of drug-likeness (QED) is 0.645. The number of nitrogens with one attached hydrogen (secondary N) is 1. The monoisotopic (exact) mass is 343 g/mol. The van der Waals surface area contributed by atoms with Gasteiger partial charge in [0.15, 0.2) is 5.75 Å². The number of phenols is 1. The molecule has 0 radical (unpaired) electrons. The van der Waals surface area contributed by atoms with Crippen LogP contribution in [0.25, 0.3) is 0 Å². The van der Waals surface area contributed by atoms with Crippen molar-refractivity contribution in [3.05, 3.63) is 23.8 Å². The van der Waals surface area contributed by atoms with E-state index in [2.05, 4.69) is 10.1 Å². The molecule has 5 rings (SSSR count). The first-order valence-corrected chi connectivity index (χ1v) is 9.18. The minimum absolute atomic E-state index is 0.0649. The number of amides is 1. The van der Waals surface area contributed by atoms with Crippen LogP contribution >= 0.6 is 0 Å². The zero-order chi connectivity index (χ0) is 17.6. The molecule has 0 spiro atoms. The lowest BCUT2D eigenvalue weighted by molar-refractivity contribution is -0.124. The number of hydrogen-bond acceptors (Lipinski definition) is 4. The Balaban J connectivity index is 1.47. The summed E-state index contributed by atoms with van der Waals surface area (Å²) in [6, 6.07) is 4.72. The highest BCUT2D eigenvalue weighted by Crippen LogP contribution is 2.61. The number of rotatable bonds is 4. The van der Waals surface area contributed by atoms with Gasteiger partial charge in [0, 0.05) is 6.42 Å². The van der Waals surface area contributed by atoms with Gasteiger partial charge in [-0.1, -0.05) is 6.07 Å². The standard InChI is InChI=1S/C20H25NO4/c1-25-19(24)15-3-2-4-16(18(15)23)21-17(22)11-20-8-12-5-13(9-20)7-14(6-12)10-20/h2-4,12-14,23H,5-11H2,1H3,(H,21,22). The van der Waals surface area contributed by atoms with Gasteiger partial charge in [0.25, 0.3) is 0 Å². The molecule has 134 valence electrons. The van der Waals surface area contributed by atoms with Crippen LogP contribution in [0.3, 0.4) is 0 Å². The number of phenolic OH excluding ortho intramolecular Hbond substituents is 1. The summed E-state index contributed by atoms with van der Waals surface area (Å²) in [5.74, 6) is 1.49. The summed E-state index contributed by atoms with van der Waals surface area (Å²) in [7, 11) is 1.26. The molecular formula is C20H25NO4. The summed E-state index contributed by atoms with van der Waals surface area (Å²) in [5.41, 5.74) is 0.488. The van der Waals surface area contributed by atoms with Crippen LogP contribution in [-0.4, -0.2) is 24.1 Å². The number of anilines is 1. The third kappa shape index (κ3) is 3.00. The SMILES string of the molecule is COC(=O)c1cccc(NC(=O)CC23CC4CC(CC(C4)C2)C3)c1O. The molecule has 1 aromatic rings. The van der Waals surface area contributed by atoms with Gasteiger partial charge in [-0.2, -0.15) is 0 Å². The number of methoxy groups -OCH3 is 1. The summed E-state index contributed by atoms with van der Waals surface area (Å²) in [4.78, 5) is 24.3. The van der Waals surface area contributed by atoms with Crippen LogP contribution in [-0.2, 0) is 9.53 Å². The predicted molar refractivity (Wildman–Crippen MR) is 93.3 cm³/mol. The predicted octanol–water partition coefficient (Wildman–Crippen LogP) is 3.72.